The van der Waals surface area contributed by atoms with Gasteiger partial charge in [0.25, 0.3) is 11.8 Å². The molecule has 2 aromatic rings. The van der Waals surface area contributed by atoms with Crippen molar-refractivity contribution in [2.45, 2.75) is 31.9 Å². The number of hydrazine groups is 1. The van der Waals surface area contributed by atoms with E-state index in [4.69, 9.17) is 16.3 Å². The van der Waals surface area contributed by atoms with Crippen molar-refractivity contribution in [3.8, 4) is 5.75 Å². The fourth-order valence-corrected chi connectivity index (χ4v) is 7.14. The number of para-hydroxylation sites is 1. The molecule has 2 heterocycles. The standard InChI is InChI=1S/C32H27ClF3N3O6/c1-15-13-22(41)20-14-19-16(25(27(20)28(15)42)17-5-3-4-6-23(17)45-12-11-40)7-8-18-26(19)31(44)39(30(18)43)38(2)29-21(33)9-10-24(37-29)32(34,35)36/h3-7,9-10,13,18-19,25-26,40H,8,11-12,14H2,1-2H3/t18-,19+,25+,26-/m0/s1. The van der Waals surface area contributed by atoms with Gasteiger partial charge in [-0.2, -0.15) is 18.2 Å². The van der Waals surface area contributed by atoms with Gasteiger partial charge in [0.15, 0.2) is 17.4 Å². The Bertz CT molecular complexity index is 1750. The van der Waals surface area contributed by atoms with Gasteiger partial charge in [0.05, 0.1) is 23.5 Å². The monoisotopic (exact) mass is 641 g/mol. The topological polar surface area (TPSA) is 117 Å². The molecule has 3 aliphatic carbocycles. The van der Waals surface area contributed by atoms with E-state index in [1.54, 1.807) is 31.2 Å². The molecule has 45 heavy (non-hydrogen) atoms. The molecule has 4 atom stereocenters. The molecular weight excluding hydrogens is 615 g/mol. The number of alkyl halides is 3. The maximum Gasteiger partial charge on any atom is 0.433 e. The first-order valence-corrected chi connectivity index (χ1v) is 14.6. The van der Waals surface area contributed by atoms with E-state index in [2.05, 4.69) is 4.98 Å². The molecule has 234 valence electrons. The molecule has 0 saturated carbocycles. The summed E-state index contributed by atoms with van der Waals surface area (Å²) in [6.45, 7) is 1.29. The van der Waals surface area contributed by atoms with Gasteiger partial charge in [0.2, 0.25) is 0 Å². The van der Waals surface area contributed by atoms with Crippen LogP contribution in [0.3, 0.4) is 0 Å². The molecule has 4 aliphatic rings. The zero-order chi connectivity index (χ0) is 32.4. The first kappa shape index (κ1) is 30.7. The predicted molar refractivity (Wildman–Crippen MR) is 155 cm³/mol. The van der Waals surface area contributed by atoms with E-state index in [1.807, 2.05) is 6.08 Å². The number of carbonyl (C=O) groups excluding carboxylic acids is 4. The van der Waals surface area contributed by atoms with Gasteiger partial charge in [-0.15, -0.1) is 0 Å². The molecule has 1 saturated heterocycles. The number of nitrogens with zero attached hydrogens (tertiary/aromatic N) is 3. The third-order valence-electron chi connectivity index (χ3n) is 8.84. The van der Waals surface area contributed by atoms with Crippen LogP contribution >= 0.6 is 11.6 Å². The fourth-order valence-electron chi connectivity index (χ4n) is 6.91. The van der Waals surface area contributed by atoms with Crippen LogP contribution in [0.15, 0.2) is 70.8 Å². The number of aliphatic hydroxyl groups is 1. The lowest BCUT2D eigenvalue weighted by Gasteiger charge is -2.42. The number of hydrogen-bond donors (Lipinski definition) is 1. The Morgan fingerprint density at radius 3 is 2.53 bits per heavy atom. The Hall–Kier alpha value is -4.29. The molecule has 0 bridgehead atoms. The molecule has 9 nitrogen and oxygen atoms in total. The molecule has 0 spiro atoms. The Balaban J connectivity index is 1.44. The van der Waals surface area contributed by atoms with Gasteiger partial charge >= 0.3 is 6.18 Å². The molecule has 0 radical (unpaired) electrons. The number of anilines is 1. The highest BCUT2D eigenvalue weighted by molar-refractivity contribution is 6.33. The summed E-state index contributed by atoms with van der Waals surface area (Å²) < 4.78 is 46.2. The zero-order valence-corrected chi connectivity index (χ0v) is 24.9. The van der Waals surface area contributed by atoms with Gasteiger partial charge in [0.1, 0.15) is 18.1 Å². The van der Waals surface area contributed by atoms with Crippen molar-refractivity contribution in [1.82, 2.24) is 9.99 Å². The SMILES string of the molecule is CC1=CC(=O)C2=C(C1=O)[C@@H](c1ccccc1OCCO)C1=CC[C@@H]3C(=O)N(N(C)c4nc(C(F)(F)F)ccc4Cl)C(=O)[C@@H]3[C@@H]1C2. The summed E-state index contributed by atoms with van der Waals surface area (Å²) in [4.78, 5) is 58.5. The first-order valence-electron chi connectivity index (χ1n) is 14.2. The van der Waals surface area contributed by atoms with Crippen LogP contribution in [0.1, 0.15) is 36.9 Å². The minimum Gasteiger partial charge on any atom is -0.491 e. The van der Waals surface area contributed by atoms with Gasteiger partial charge in [0, 0.05) is 35.2 Å². The van der Waals surface area contributed by atoms with E-state index in [1.165, 1.54) is 13.1 Å². The average Bonchev–Trinajstić information content (AvgIpc) is 3.26. The Kier molecular flexibility index (Phi) is 7.68. The van der Waals surface area contributed by atoms with E-state index < -0.39 is 53.2 Å². The van der Waals surface area contributed by atoms with Crippen molar-refractivity contribution < 1.29 is 42.2 Å². The highest BCUT2D eigenvalue weighted by atomic mass is 35.5. The molecule has 1 aromatic heterocycles. The highest BCUT2D eigenvalue weighted by Gasteiger charge is 2.58. The van der Waals surface area contributed by atoms with Gasteiger partial charge in [-0.3, -0.25) is 24.2 Å². The van der Waals surface area contributed by atoms with Crippen LogP contribution in [0.4, 0.5) is 19.0 Å². The van der Waals surface area contributed by atoms with Crippen molar-refractivity contribution in [1.29, 1.82) is 0 Å². The largest absolute Gasteiger partial charge is 0.491 e. The van der Waals surface area contributed by atoms with Crippen molar-refractivity contribution in [3.05, 3.63) is 87.1 Å². The second-order valence-electron chi connectivity index (χ2n) is 11.4. The lowest BCUT2D eigenvalue weighted by molar-refractivity contribution is -0.141. The number of benzene rings is 1. The predicted octanol–water partition coefficient (Wildman–Crippen LogP) is 4.61. The van der Waals surface area contributed by atoms with E-state index in [-0.39, 0.29) is 59.4 Å². The number of halogens is 4. The van der Waals surface area contributed by atoms with Crippen LogP contribution in [0, 0.1) is 17.8 Å². The molecule has 1 fully saturated rings. The van der Waals surface area contributed by atoms with Crippen LogP contribution in [-0.4, -0.2) is 58.7 Å². The third-order valence-corrected chi connectivity index (χ3v) is 9.14. The maximum absolute atomic E-state index is 14.1. The summed E-state index contributed by atoms with van der Waals surface area (Å²) in [7, 11) is 1.24. The van der Waals surface area contributed by atoms with Gasteiger partial charge in [-0.1, -0.05) is 41.4 Å². The Labute approximate surface area is 260 Å². The molecule has 1 aromatic carbocycles. The van der Waals surface area contributed by atoms with Crippen LogP contribution in [0.5, 0.6) is 5.75 Å². The molecule has 1 aliphatic heterocycles. The number of ether oxygens (including phenoxy) is 1. The quantitative estimate of drug-likeness (QED) is 0.276. The third kappa shape index (κ3) is 4.96. The second-order valence-corrected chi connectivity index (χ2v) is 11.8. The minimum absolute atomic E-state index is 0.0188. The van der Waals surface area contributed by atoms with Gasteiger partial charge in [-0.05, 0) is 50.0 Å². The first-order chi connectivity index (χ1) is 21.3. The average molecular weight is 642 g/mol. The minimum atomic E-state index is -4.79. The number of aromatic nitrogens is 1. The highest BCUT2D eigenvalue weighted by Crippen LogP contribution is 2.56. The van der Waals surface area contributed by atoms with Gasteiger partial charge < -0.3 is 9.84 Å². The van der Waals surface area contributed by atoms with Crippen LogP contribution in [-0.2, 0) is 25.4 Å². The summed E-state index contributed by atoms with van der Waals surface area (Å²) in [5.41, 5.74) is 0.795. The summed E-state index contributed by atoms with van der Waals surface area (Å²) in [6.07, 6.45) is -1.57. The number of carbonyl (C=O) groups is 4. The lowest BCUT2D eigenvalue weighted by Crippen LogP contribution is -2.46. The number of pyridine rings is 1. The molecular formula is C32H27ClF3N3O6. The van der Waals surface area contributed by atoms with E-state index in [0.29, 0.717) is 23.0 Å². The molecule has 13 heteroatoms. The summed E-state index contributed by atoms with van der Waals surface area (Å²) in [5, 5.41) is 10.9. The van der Waals surface area contributed by atoms with Crippen LogP contribution in [0.25, 0.3) is 0 Å². The Morgan fingerprint density at radius 2 is 1.82 bits per heavy atom. The van der Waals surface area contributed by atoms with Crippen LogP contribution in [0.2, 0.25) is 5.02 Å². The molecule has 0 unspecified atom stereocenters. The van der Waals surface area contributed by atoms with E-state index >= 15 is 0 Å². The number of ketones is 2. The number of amides is 2. The van der Waals surface area contributed by atoms with Crippen molar-refractivity contribution >= 4 is 40.8 Å². The number of fused-ring (bicyclic) bond motifs is 3. The number of rotatable bonds is 6. The van der Waals surface area contributed by atoms with Crippen LogP contribution < -0.4 is 9.75 Å². The number of allylic oxidation sites excluding steroid dienone is 6. The Morgan fingerprint density at radius 1 is 1.09 bits per heavy atom. The number of Topliss-reactive ketones (excluding diaryl/α,β-unsaturated/α-hetero) is 1. The van der Waals surface area contributed by atoms with Crippen molar-refractivity contribution in [3.63, 3.8) is 0 Å². The lowest BCUT2D eigenvalue weighted by atomic mass is 9.59. The van der Waals surface area contributed by atoms with Crippen molar-refractivity contribution in [2.24, 2.45) is 17.8 Å². The maximum atomic E-state index is 14.1. The van der Waals surface area contributed by atoms with E-state index in [9.17, 15) is 37.5 Å². The number of hydrogen-bond acceptors (Lipinski definition) is 8. The second kappa shape index (κ2) is 11.3. The molecule has 1 N–H and O–H groups in total. The summed E-state index contributed by atoms with van der Waals surface area (Å²) >= 11 is 6.19. The summed E-state index contributed by atoms with van der Waals surface area (Å²) in [6, 6.07) is 8.63. The van der Waals surface area contributed by atoms with E-state index in [0.717, 1.165) is 16.1 Å². The number of aliphatic hydroxyl groups excluding tert-OH is 1. The molecule has 2 amide bonds. The zero-order valence-electron chi connectivity index (χ0n) is 24.1. The van der Waals surface area contributed by atoms with Crippen molar-refractivity contribution in [2.75, 3.05) is 25.3 Å². The fraction of sp³-hybridized carbons (Fsp3) is 0.344. The summed E-state index contributed by atoms with van der Waals surface area (Å²) in [5.74, 6) is -5.31. The molecule has 6 rings (SSSR count). The van der Waals surface area contributed by atoms with Gasteiger partial charge in [-0.25, -0.2) is 4.98 Å². The number of imide groups is 1. The normalized spacial score (nSPS) is 24.6. The smallest absolute Gasteiger partial charge is 0.433 e.